The van der Waals surface area contributed by atoms with Crippen molar-refractivity contribution in [3.8, 4) is 5.69 Å². The Bertz CT molecular complexity index is 1910. The molecular weight excluding hydrogens is 552 g/mol. The van der Waals surface area contributed by atoms with Gasteiger partial charge in [0, 0.05) is 0 Å². The van der Waals surface area contributed by atoms with Crippen molar-refractivity contribution in [1.29, 1.82) is 0 Å². The van der Waals surface area contributed by atoms with Crippen LogP contribution in [0.2, 0.25) is 0 Å². The van der Waals surface area contributed by atoms with E-state index in [4.69, 9.17) is 5.73 Å². The van der Waals surface area contributed by atoms with Gasteiger partial charge in [0.15, 0.2) is 0 Å². The number of carbonyl (C=O) groups excluding carboxylic acids is 1. The van der Waals surface area contributed by atoms with Crippen LogP contribution in [0.5, 0.6) is 0 Å². The van der Waals surface area contributed by atoms with Crippen LogP contribution in [0.1, 0.15) is 17.0 Å². The zero-order valence-corrected chi connectivity index (χ0v) is 21.6. The minimum atomic E-state index is -0.533. The van der Waals surface area contributed by atoms with E-state index < -0.39 is 5.82 Å². The van der Waals surface area contributed by atoms with E-state index in [1.807, 2.05) is 31.2 Å². The van der Waals surface area contributed by atoms with Gasteiger partial charge in [-0.3, -0.25) is 0 Å². The van der Waals surface area contributed by atoms with Crippen molar-refractivity contribution >= 4 is 55.3 Å². The van der Waals surface area contributed by atoms with Crippen molar-refractivity contribution < 1.29 is 24.5 Å². The molecule has 38 heavy (non-hydrogen) atoms. The number of hydrogen-bond acceptors (Lipinski definition) is 7. The predicted molar refractivity (Wildman–Crippen MR) is 142 cm³/mol. The monoisotopic (exact) mass is 570 g/mol. The van der Waals surface area contributed by atoms with Gasteiger partial charge >= 0.3 is 180 Å². The van der Waals surface area contributed by atoms with Crippen molar-refractivity contribution in [2.75, 3.05) is 5.73 Å². The number of fused-ring (bicyclic) bond motifs is 2. The van der Waals surface area contributed by atoms with Gasteiger partial charge in [-0.05, 0) is 18.6 Å². The molecule has 0 radical (unpaired) electrons. The molecule has 0 saturated carbocycles. The van der Waals surface area contributed by atoms with E-state index in [1.54, 1.807) is 29.0 Å². The minimum absolute atomic E-state index is 0.0620. The second-order valence-electron chi connectivity index (χ2n) is 8.59. The topological polar surface area (TPSA) is 121 Å². The predicted octanol–water partition coefficient (Wildman–Crippen LogP) is 3.05. The molecule has 1 aliphatic heterocycles. The van der Waals surface area contributed by atoms with Crippen molar-refractivity contribution in [2.24, 2.45) is 0 Å². The Morgan fingerprint density at radius 2 is 1.95 bits per heavy atom. The molecule has 1 fully saturated rings. The molecule has 4 heterocycles. The Balaban J connectivity index is 1.59. The van der Waals surface area contributed by atoms with Gasteiger partial charge in [-0.2, -0.15) is 0 Å². The number of aromatic nitrogens is 5. The van der Waals surface area contributed by atoms with Gasteiger partial charge < -0.3 is 0 Å². The van der Waals surface area contributed by atoms with Gasteiger partial charge in [0.2, 0.25) is 0 Å². The number of anilines is 1. The Labute approximate surface area is 226 Å². The van der Waals surface area contributed by atoms with E-state index in [0.29, 0.717) is 36.6 Å². The van der Waals surface area contributed by atoms with E-state index in [9.17, 15) is 9.59 Å². The quantitative estimate of drug-likeness (QED) is 0.319. The second-order valence-corrected chi connectivity index (χ2v) is 10.5. The van der Waals surface area contributed by atoms with Gasteiger partial charge in [-0.1, -0.05) is 24.3 Å². The fourth-order valence-electron chi connectivity index (χ4n) is 4.55. The van der Waals surface area contributed by atoms with Gasteiger partial charge in [-0.15, -0.1) is 0 Å². The number of aryl methyl sites for hydroxylation is 1. The van der Waals surface area contributed by atoms with Crippen LogP contribution in [-0.4, -0.2) is 34.1 Å². The summed E-state index contributed by atoms with van der Waals surface area (Å²) in [6, 6.07) is 13.5. The van der Waals surface area contributed by atoms with Crippen molar-refractivity contribution in [1.82, 2.24) is 29.6 Å². The zero-order chi connectivity index (χ0) is 26.6. The van der Waals surface area contributed by atoms with Crippen molar-refractivity contribution in [2.45, 2.75) is 13.5 Å². The molecular formula is C26H18CoFN7O2S. The van der Waals surface area contributed by atoms with Crippen LogP contribution in [0, 0.1) is 12.7 Å². The van der Waals surface area contributed by atoms with Crippen molar-refractivity contribution in [3.63, 3.8) is 0 Å². The first kappa shape index (κ1) is 24.2. The second kappa shape index (κ2) is 9.31. The molecule has 2 aromatic carbocycles. The molecule has 5 aromatic rings. The summed E-state index contributed by atoms with van der Waals surface area (Å²) in [6.45, 7) is 1.91. The number of nitrogens with zero attached hydrogens (tertiary/aromatic N) is 5. The molecule has 0 atom stereocenters. The summed E-state index contributed by atoms with van der Waals surface area (Å²) in [6.07, 6.45) is 2.91. The number of pyridine rings is 1. The summed E-state index contributed by atoms with van der Waals surface area (Å²) < 4.78 is 18.4. The number of thioether (sulfide) groups is 1. The van der Waals surface area contributed by atoms with Crippen LogP contribution >= 0.6 is 11.8 Å². The number of para-hydroxylation sites is 1. The number of nitrogens with one attached hydrogen (secondary N) is 1. The Kier molecular flexibility index (Phi) is 5.93. The average molecular weight is 570 g/mol. The first-order chi connectivity index (χ1) is 18.3. The van der Waals surface area contributed by atoms with E-state index in [0.717, 1.165) is 22.7 Å². The van der Waals surface area contributed by atoms with Crippen LogP contribution in [0.4, 0.5) is 10.2 Å². The van der Waals surface area contributed by atoms with E-state index in [2.05, 4.69) is 35.7 Å². The summed E-state index contributed by atoms with van der Waals surface area (Å²) in [5.41, 5.74) is 8.03. The SMILES string of the molecule is Cc1cccc2cc(Cn3nc(/C=C4/S[C](=[Co])NC4=O)c4c(N)ncnc43)n(-c3ccccc3F)c(=O)c12. The van der Waals surface area contributed by atoms with E-state index in [1.165, 1.54) is 17.0 Å². The number of nitrogens with two attached hydrogens (primary N) is 1. The summed E-state index contributed by atoms with van der Waals surface area (Å²) in [5.74, 6) is -0.657. The summed E-state index contributed by atoms with van der Waals surface area (Å²) in [5, 5.41) is 8.97. The third-order valence-electron chi connectivity index (χ3n) is 6.21. The normalized spacial score (nSPS) is 14.7. The Morgan fingerprint density at radius 1 is 1.13 bits per heavy atom. The number of benzene rings is 2. The van der Waals surface area contributed by atoms with Crippen LogP contribution < -0.4 is 16.6 Å². The standard InChI is InChI=1S/C26H18FN7O2S.Co/c1-14-5-4-6-15-9-16(34(26(36)21(14)15)19-8-3-2-7-17(19)27)11-33-24-22(23(28)29-12-30-24)18(32-33)10-20-25(35)31-13-37-20;/h2-10,12H,11H2,1H3,(H,31,35)(H2,28,29,30);/b20-10+;. The molecule has 9 nitrogen and oxygen atoms in total. The number of carbonyl (C=O) groups is 1. The fourth-order valence-corrected chi connectivity index (χ4v) is 5.66. The van der Waals surface area contributed by atoms with E-state index in [-0.39, 0.29) is 29.5 Å². The maximum atomic E-state index is 15.0. The van der Waals surface area contributed by atoms with Gasteiger partial charge in [0.05, 0.1) is 0 Å². The molecule has 1 saturated heterocycles. The molecule has 6 rings (SSSR count). The number of rotatable bonds is 4. The first-order valence-corrected chi connectivity index (χ1v) is 12.7. The number of nitrogen functional groups attached to an aromatic ring is 1. The first-order valence-electron chi connectivity index (χ1n) is 11.4. The molecule has 12 heteroatoms. The number of halogens is 1. The summed E-state index contributed by atoms with van der Waals surface area (Å²) >= 11 is 5.43. The van der Waals surface area contributed by atoms with Gasteiger partial charge in [0.25, 0.3) is 0 Å². The number of amides is 1. The molecule has 0 unspecified atom stereocenters. The summed E-state index contributed by atoms with van der Waals surface area (Å²) in [4.78, 5) is 34.9. The third-order valence-corrected chi connectivity index (χ3v) is 7.46. The molecule has 191 valence electrons. The van der Waals surface area contributed by atoms with Gasteiger partial charge in [-0.25, -0.2) is 4.39 Å². The molecule has 0 spiro atoms. The van der Waals surface area contributed by atoms with Crippen LogP contribution in [-0.2, 0) is 26.6 Å². The molecule has 1 amide bonds. The molecule has 0 bridgehead atoms. The Hall–Kier alpha value is -4.13. The number of hydrogen-bond donors (Lipinski definition) is 2. The van der Waals surface area contributed by atoms with Crippen LogP contribution in [0.3, 0.4) is 0 Å². The van der Waals surface area contributed by atoms with Gasteiger partial charge in [0.1, 0.15) is 0 Å². The third kappa shape index (κ3) is 4.02. The fraction of sp³-hybridized carbons (Fsp3) is 0.0769. The van der Waals surface area contributed by atoms with Crippen LogP contribution in [0.15, 0.2) is 64.6 Å². The average Bonchev–Trinajstić information content (AvgIpc) is 3.39. The molecule has 0 aliphatic carbocycles. The molecule has 1 aliphatic rings. The maximum absolute atomic E-state index is 15.0. The van der Waals surface area contributed by atoms with Crippen LogP contribution in [0.25, 0.3) is 33.6 Å². The molecule has 3 aromatic heterocycles. The Morgan fingerprint density at radius 3 is 2.71 bits per heavy atom. The van der Waals surface area contributed by atoms with Crippen molar-refractivity contribution in [3.05, 3.63) is 92.9 Å². The van der Waals surface area contributed by atoms with E-state index >= 15 is 4.39 Å². The molecule has 3 N–H and O–H groups in total. The zero-order valence-electron chi connectivity index (χ0n) is 19.7. The summed E-state index contributed by atoms with van der Waals surface area (Å²) in [7, 11) is 0.